The number of nitrogens with zero attached hydrogens (tertiary/aromatic N) is 2. The maximum atomic E-state index is 12.1. The number of halogens is 1. The molecule has 0 aliphatic carbocycles. The van der Waals surface area contributed by atoms with Crippen LogP contribution < -0.4 is 16.2 Å². The first-order valence-corrected chi connectivity index (χ1v) is 9.75. The summed E-state index contributed by atoms with van der Waals surface area (Å²) in [6.07, 6.45) is 0.0700. The Hall–Kier alpha value is -3.20. The molecule has 29 heavy (non-hydrogen) atoms. The molecule has 0 spiro atoms. The molecule has 0 aliphatic rings. The number of nitrogens with one attached hydrogen (secondary N) is 3. The van der Waals surface area contributed by atoms with Crippen molar-refractivity contribution in [3.05, 3.63) is 64.4 Å². The molecule has 0 bridgehead atoms. The second-order valence-corrected chi connectivity index (χ2v) is 7.28. The molecule has 0 saturated heterocycles. The number of carbonyl (C=O) groups excluding carboxylic acids is 3. The highest BCUT2D eigenvalue weighted by atomic mass is 79.9. The van der Waals surface area contributed by atoms with Gasteiger partial charge in [0.05, 0.1) is 17.5 Å². The van der Waals surface area contributed by atoms with E-state index >= 15 is 0 Å². The summed E-state index contributed by atoms with van der Waals surface area (Å²) in [5.41, 5.74) is 6.96. The Kier molecular flexibility index (Phi) is 6.61. The van der Waals surface area contributed by atoms with Gasteiger partial charge in [-0.25, -0.2) is 4.98 Å². The van der Waals surface area contributed by atoms with Gasteiger partial charge in [0, 0.05) is 30.0 Å². The minimum atomic E-state index is -0.403. The van der Waals surface area contributed by atoms with Gasteiger partial charge in [0.15, 0.2) is 0 Å². The van der Waals surface area contributed by atoms with Crippen molar-refractivity contribution in [1.29, 1.82) is 0 Å². The summed E-state index contributed by atoms with van der Waals surface area (Å²) in [7, 11) is 1.84. The summed E-state index contributed by atoms with van der Waals surface area (Å²) in [4.78, 5) is 40.4. The fourth-order valence-electron chi connectivity index (χ4n) is 2.74. The van der Waals surface area contributed by atoms with Crippen LogP contribution in [0.4, 0.5) is 0 Å². The van der Waals surface area contributed by atoms with E-state index in [2.05, 4.69) is 37.1 Å². The molecule has 2 aromatic carbocycles. The van der Waals surface area contributed by atoms with Crippen molar-refractivity contribution in [2.75, 3.05) is 6.54 Å². The SMILES string of the molecule is Cn1c(CC(=O)NNC(=O)CCNC(=O)c2ccc(Br)cc2)nc2ccccc21. The van der Waals surface area contributed by atoms with E-state index in [0.29, 0.717) is 11.4 Å². The molecule has 3 amide bonds. The summed E-state index contributed by atoms with van der Waals surface area (Å²) < 4.78 is 2.72. The van der Waals surface area contributed by atoms with Gasteiger partial charge in [0.1, 0.15) is 5.82 Å². The van der Waals surface area contributed by atoms with Crippen molar-refractivity contribution >= 4 is 44.7 Å². The zero-order valence-corrected chi connectivity index (χ0v) is 17.3. The van der Waals surface area contributed by atoms with E-state index in [0.717, 1.165) is 15.5 Å². The zero-order chi connectivity index (χ0) is 20.8. The van der Waals surface area contributed by atoms with Gasteiger partial charge in [-0.2, -0.15) is 0 Å². The Morgan fingerprint density at radius 3 is 2.41 bits per heavy atom. The predicted octanol–water partition coefficient (Wildman–Crippen LogP) is 1.85. The fraction of sp³-hybridized carbons (Fsp3) is 0.200. The number of rotatable bonds is 6. The number of carbonyl (C=O) groups is 3. The first-order chi connectivity index (χ1) is 13.9. The number of amides is 3. The van der Waals surface area contributed by atoms with Gasteiger partial charge in [0.25, 0.3) is 5.91 Å². The molecule has 0 atom stereocenters. The van der Waals surface area contributed by atoms with Crippen molar-refractivity contribution in [2.45, 2.75) is 12.8 Å². The Morgan fingerprint density at radius 1 is 1.00 bits per heavy atom. The smallest absolute Gasteiger partial charge is 0.251 e. The highest BCUT2D eigenvalue weighted by Crippen LogP contribution is 2.14. The molecule has 0 unspecified atom stereocenters. The second-order valence-electron chi connectivity index (χ2n) is 6.36. The normalized spacial score (nSPS) is 10.6. The van der Waals surface area contributed by atoms with Crippen molar-refractivity contribution < 1.29 is 14.4 Å². The van der Waals surface area contributed by atoms with Crippen LogP contribution in [0.15, 0.2) is 53.0 Å². The number of aryl methyl sites for hydroxylation is 1. The van der Waals surface area contributed by atoms with Crippen LogP contribution in [0.3, 0.4) is 0 Å². The van der Waals surface area contributed by atoms with Crippen LogP contribution in [0.5, 0.6) is 0 Å². The Bertz CT molecular complexity index is 1050. The van der Waals surface area contributed by atoms with E-state index in [4.69, 9.17) is 0 Å². The zero-order valence-electron chi connectivity index (χ0n) is 15.7. The molecule has 9 heteroatoms. The lowest BCUT2D eigenvalue weighted by atomic mass is 10.2. The first kappa shape index (κ1) is 20.5. The van der Waals surface area contributed by atoms with E-state index in [1.807, 2.05) is 35.9 Å². The van der Waals surface area contributed by atoms with Gasteiger partial charge in [-0.1, -0.05) is 28.1 Å². The summed E-state index contributed by atoms with van der Waals surface area (Å²) >= 11 is 3.30. The van der Waals surface area contributed by atoms with Crippen molar-refractivity contribution in [3.63, 3.8) is 0 Å². The van der Waals surface area contributed by atoms with Crippen LogP contribution in [-0.4, -0.2) is 33.8 Å². The molecule has 1 aromatic heterocycles. The van der Waals surface area contributed by atoms with Crippen LogP contribution in [-0.2, 0) is 23.1 Å². The van der Waals surface area contributed by atoms with Gasteiger partial charge in [-0.15, -0.1) is 0 Å². The van der Waals surface area contributed by atoms with Crippen LogP contribution in [0.2, 0.25) is 0 Å². The van der Waals surface area contributed by atoms with Crippen molar-refractivity contribution in [2.24, 2.45) is 7.05 Å². The maximum absolute atomic E-state index is 12.1. The minimum absolute atomic E-state index is 0.0335. The highest BCUT2D eigenvalue weighted by molar-refractivity contribution is 9.10. The first-order valence-electron chi connectivity index (χ1n) is 8.96. The Morgan fingerprint density at radius 2 is 1.69 bits per heavy atom. The summed E-state index contributed by atoms with van der Waals surface area (Å²) in [5, 5.41) is 2.66. The molecular formula is C20H20BrN5O3. The molecule has 8 nitrogen and oxygen atoms in total. The van der Waals surface area contributed by atoms with Gasteiger partial charge in [-0.3, -0.25) is 25.2 Å². The van der Waals surface area contributed by atoms with Gasteiger partial charge in [-0.05, 0) is 36.4 Å². The van der Waals surface area contributed by atoms with Crippen LogP contribution in [0, 0.1) is 0 Å². The molecule has 3 aromatic rings. The average Bonchev–Trinajstić information content (AvgIpc) is 3.02. The molecule has 0 fully saturated rings. The van der Waals surface area contributed by atoms with E-state index in [-0.39, 0.29) is 31.2 Å². The topological polar surface area (TPSA) is 105 Å². The Balaban J connectivity index is 1.40. The fourth-order valence-corrected chi connectivity index (χ4v) is 3.00. The van der Waals surface area contributed by atoms with Crippen LogP contribution in [0.1, 0.15) is 22.6 Å². The second kappa shape index (κ2) is 9.33. The largest absolute Gasteiger partial charge is 0.352 e. The highest BCUT2D eigenvalue weighted by Gasteiger charge is 2.12. The van der Waals surface area contributed by atoms with Crippen LogP contribution in [0.25, 0.3) is 11.0 Å². The van der Waals surface area contributed by atoms with Crippen molar-refractivity contribution in [3.8, 4) is 0 Å². The molecule has 0 saturated carbocycles. The number of hydrogen-bond donors (Lipinski definition) is 3. The quantitative estimate of drug-likeness (QED) is 0.491. The monoisotopic (exact) mass is 457 g/mol. The number of hydrazine groups is 1. The standard InChI is InChI=1S/C20H20BrN5O3/c1-26-16-5-3-2-4-15(16)23-17(26)12-19(28)25-24-18(27)10-11-22-20(29)13-6-8-14(21)9-7-13/h2-9H,10-12H2,1H3,(H,22,29)(H,24,27)(H,25,28). The molecule has 3 N–H and O–H groups in total. The Labute approximate surface area is 175 Å². The number of aromatic nitrogens is 2. The van der Waals surface area contributed by atoms with Gasteiger partial charge >= 0.3 is 0 Å². The third kappa shape index (κ3) is 5.41. The summed E-state index contributed by atoms with van der Waals surface area (Å²) in [6.45, 7) is 0.154. The number of para-hydroxylation sites is 2. The molecule has 150 valence electrons. The molecule has 1 heterocycles. The predicted molar refractivity (Wildman–Crippen MR) is 112 cm³/mol. The van der Waals surface area contributed by atoms with Crippen molar-refractivity contribution in [1.82, 2.24) is 25.7 Å². The van der Waals surface area contributed by atoms with E-state index in [1.165, 1.54) is 0 Å². The number of fused-ring (bicyclic) bond motifs is 1. The maximum Gasteiger partial charge on any atom is 0.251 e. The number of hydrogen-bond acceptors (Lipinski definition) is 4. The van der Waals surface area contributed by atoms with E-state index < -0.39 is 5.91 Å². The molecule has 0 aliphatic heterocycles. The number of benzene rings is 2. The van der Waals surface area contributed by atoms with Gasteiger partial charge in [0.2, 0.25) is 11.8 Å². The minimum Gasteiger partial charge on any atom is -0.352 e. The average molecular weight is 458 g/mol. The van der Waals surface area contributed by atoms with E-state index in [9.17, 15) is 14.4 Å². The molecule has 0 radical (unpaired) electrons. The third-order valence-corrected chi connectivity index (χ3v) is 4.81. The van der Waals surface area contributed by atoms with Gasteiger partial charge < -0.3 is 9.88 Å². The lowest BCUT2D eigenvalue weighted by Crippen LogP contribution is -2.43. The third-order valence-electron chi connectivity index (χ3n) is 4.28. The molecule has 3 rings (SSSR count). The lowest BCUT2D eigenvalue weighted by molar-refractivity contribution is -0.128. The summed E-state index contributed by atoms with van der Waals surface area (Å²) in [6, 6.07) is 14.5. The van der Waals surface area contributed by atoms with E-state index in [1.54, 1.807) is 24.3 Å². The number of imidazole rings is 1. The molecular weight excluding hydrogens is 438 g/mol. The lowest BCUT2D eigenvalue weighted by Gasteiger charge is -2.08. The summed E-state index contributed by atoms with van der Waals surface area (Å²) in [5.74, 6) is -0.453. The van der Waals surface area contributed by atoms with Crippen LogP contribution >= 0.6 is 15.9 Å².